The van der Waals surface area contributed by atoms with Gasteiger partial charge in [-0.1, -0.05) is 30.3 Å². The zero-order valence-electron chi connectivity index (χ0n) is 12.2. The molecule has 1 aromatic carbocycles. The molecule has 1 atom stereocenters. The van der Waals surface area contributed by atoms with Gasteiger partial charge in [0.25, 0.3) is 0 Å². The average molecular weight is 285 g/mol. The fraction of sp³-hybridized carbons (Fsp3) is 0.438. The van der Waals surface area contributed by atoms with Crippen LogP contribution in [0.1, 0.15) is 24.3 Å². The lowest BCUT2D eigenvalue weighted by atomic mass is 9.99. The summed E-state index contributed by atoms with van der Waals surface area (Å²) in [6.45, 7) is 1.56. The molecule has 1 saturated heterocycles. The van der Waals surface area contributed by atoms with Crippen molar-refractivity contribution in [1.82, 2.24) is 9.80 Å². The Kier molecular flexibility index (Phi) is 4.94. The first-order chi connectivity index (χ1) is 10.1. The molecule has 5 nitrogen and oxygen atoms in total. The smallest absolute Gasteiger partial charge is 0.244 e. The van der Waals surface area contributed by atoms with Gasteiger partial charge in [0.15, 0.2) is 0 Å². The molecule has 2 rings (SSSR count). The minimum absolute atomic E-state index is 0.0316. The van der Waals surface area contributed by atoms with E-state index in [1.807, 2.05) is 12.1 Å². The molecule has 110 valence electrons. The second-order valence-electron chi connectivity index (χ2n) is 5.25. The van der Waals surface area contributed by atoms with Crippen LogP contribution in [0.5, 0.6) is 0 Å². The quantitative estimate of drug-likeness (QED) is 0.839. The Hall–Kier alpha value is -2.35. The molecule has 0 saturated carbocycles. The third kappa shape index (κ3) is 3.60. The summed E-state index contributed by atoms with van der Waals surface area (Å²) in [5.74, 6) is -1.24. The Morgan fingerprint density at radius 3 is 2.48 bits per heavy atom. The van der Waals surface area contributed by atoms with Crippen molar-refractivity contribution in [1.29, 1.82) is 5.26 Å². The average Bonchev–Trinajstić information content (AvgIpc) is 3.03. The van der Waals surface area contributed by atoms with Crippen LogP contribution in [-0.4, -0.2) is 48.3 Å². The summed E-state index contributed by atoms with van der Waals surface area (Å²) in [7, 11) is 1.57. The summed E-state index contributed by atoms with van der Waals surface area (Å²) in [6.07, 6.45) is 2.04. The number of benzene rings is 1. The van der Waals surface area contributed by atoms with Crippen LogP contribution in [0, 0.1) is 11.3 Å². The highest BCUT2D eigenvalue weighted by molar-refractivity contribution is 5.90. The largest absolute Gasteiger partial charge is 0.341 e. The number of nitrogens with zero attached hydrogens (tertiary/aromatic N) is 3. The molecule has 1 aliphatic rings. The fourth-order valence-electron chi connectivity index (χ4n) is 2.49. The van der Waals surface area contributed by atoms with Gasteiger partial charge < -0.3 is 9.80 Å². The van der Waals surface area contributed by atoms with E-state index in [0.717, 1.165) is 25.9 Å². The molecule has 0 aromatic heterocycles. The minimum Gasteiger partial charge on any atom is -0.341 e. The van der Waals surface area contributed by atoms with Crippen LogP contribution in [-0.2, 0) is 9.59 Å². The van der Waals surface area contributed by atoms with Crippen molar-refractivity contribution in [3.63, 3.8) is 0 Å². The summed E-state index contributed by atoms with van der Waals surface area (Å²) in [4.78, 5) is 27.5. The molecule has 1 heterocycles. The van der Waals surface area contributed by atoms with Gasteiger partial charge in [-0.05, 0) is 18.4 Å². The van der Waals surface area contributed by atoms with Crippen molar-refractivity contribution in [3.8, 4) is 6.07 Å². The molecule has 0 radical (unpaired) electrons. The van der Waals surface area contributed by atoms with Crippen molar-refractivity contribution >= 4 is 11.8 Å². The Labute approximate surface area is 124 Å². The fourth-order valence-corrected chi connectivity index (χ4v) is 2.49. The third-order valence-electron chi connectivity index (χ3n) is 3.72. The van der Waals surface area contributed by atoms with Crippen molar-refractivity contribution < 1.29 is 9.59 Å². The van der Waals surface area contributed by atoms with E-state index in [2.05, 4.69) is 0 Å². The summed E-state index contributed by atoms with van der Waals surface area (Å²) >= 11 is 0. The number of likely N-dealkylation sites (tertiary alicyclic amines) is 1. The van der Waals surface area contributed by atoms with E-state index in [0.29, 0.717) is 5.56 Å². The van der Waals surface area contributed by atoms with Gasteiger partial charge in [0.05, 0.1) is 12.6 Å². The third-order valence-corrected chi connectivity index (χ3v) is 3.72. The van der Waals surface area contributed by atoms with Gasteiger partial charge >= 0.3 is 0 Å². The molecule has 0 bridgehead atoms. The van der Waals surface area contributed by atoms with Crippen LogP contribution in [0.4, 0.5) is 0 Å². The first-order valence-corrected chi connectivity index (χ1v) is 7.11. The van der Waals surface area contributed by atoms with Crippen LogP contribution >= 0.6 is 0 Å². The highest BCUT2D eigenvalue weighted by Gasteiger charge is 2.26. The number of likely N-dealkylation sites (N-methyl/N-ethyl adjacent to an activating group) is 1. The summed E-state index contributed by atoms with van der Waals surface area (Å²) in [5, 5.41) is 9.25. The maximum absolute atomic E-state index is 12.4. The van der Waals surface area contributed by atoms with Gasteiger partial charge in [-0.2, -0.15) is 5.26 Å². The van der Waals surface area contributed by atoms with Crippen molar-refractivity contribution in [2.24, 2.45) is 0 Å². The molecule has 0 N–H and O–H groups in total. The number of amides is 2. The van der Waals surface area contributed by atoms with Gasteiger partial charge in [-0.15, -0.1) is 0 Å². The lowest BCUT2D eigenvalue weighted by molar-refractivity contribution is -0.139. The highest BCUT2D eigenvalue weighted by Crippen LogP contribution is 2.17. The van der Waals surface area contributed by atoms with Gasteiger partial charge in [-0.3, -0.25) is 9.59 Å². The summed E-state index contributed by atoms with van der Waals surface area (Å²) in [6, 6.07) is 11.0. The van der Waals surface area contributed by atoms with Crippen LogP contribution in [0.3, 0.4) is 0 Å². The first-order valence-electron chi connectivity index (χ1n) is 7.11. The second-order valence-corrected chi connectivity index (χ2v) is 5.25. The summed E-state index contributed by atoms with van der Waals surface area (Å²) < 4.78 is 0. The maximum atomic E-state index is 12.4. The van der Waals surface area contributed by atoms with Crippen LogP contribution in [0.25, 0.3) is 0 Å². The highest BCUT2D eigenvalue weighted by atomic mass is 16.2. The van der Waals surface area contributed by atoms with E-state index in [1.165, 1.54) is 4.90 Å². The molecular weight excluding hydrogens is 266 g/mol. The van der Waals surface area contributed by atoms with Crippen molar-refractivity contribution in [2.75, 3.05) is 26.7 Å². The van der Waals surface area contributed by atoms with Crippen LogP contribution in [0.15, 0.2) is 30.3 Å². The number of hydrogen-bond donors (Lipinski definition) is 0. The van der Waals surface area contributed by atoms with Crippen molar-refractivity contribution in [2.45, 2.75) is 18.8 Å². The SMILES string of the molecule is CN(CC(=O)N1CCCC1)C(=O)C(C#N)c1ccccc1. The number of carbonyl (C=O) groups is 2. The van der Waals surface area contributed by atoms with Crippen LogP contribution in [0.2, 0.25) is 0 Å². The Morgan fingerprint density at radius 2 is 1.90 bits per heavy atom. The zero-order valence-corrected chi connectivity index (χ0v) is 12.2. The van der Waals surface area contributed by atoms with E-state index in [4.69, 9.17) is 0 Å². The summed E-state index contributed by atoms with van der Waals surface area (Å²) in [5.41, 5.74) is 0.658. The number of hydrogen-bond acceptors (Lipinski definition) is 3. The number of nitriles is 1. The molecule has 5 heteroatoms. The molecule has 21 heavy (non-hydrogen) atoms. The lowest BCUT2D eigenvalue weighted by Gasteiger charge is -2.23. The molecule has 0 aliphatic carbocycles. The molecule has 2 amide bonds. The predicted molar refractivity (Wildman–Crippen MR) is 78.2 cm³/mol. The molecule has 1 unspecified atom stereocenters. The maximum Gasteiger partial charge on any atom is 0.244 e. The Bertz CT molecular complexity index is 544. The molecule has 1 aliphatic heterocycles. The van der Waals surface area contributed by atoms with Gasteiger partial charge in [0.2, 0.25) is 11.8 Å². The Morgan fingerprint density at radius 1 is 1.29 bits per heavy atom. The van der Waals surface area contributed by atoms with Crippen molar-refractivity contribution in [3.05, 3.63) is 35.9 Å². The van der Waals surface area contributed by atoms with E-state index >= 15 is 0 Å². The van der Waals surface area contributed by atoms with E-state index in [9.17, 15) is 14.9 Å². The molecule has 1 aromatic rings. The zero-order chi connectivity index (χ0) is 15.2. The van der Waals surface area contributed by atoms with Gasteiger partial charge in [0.1, 0.15) is 5.92 Å². The minimum atomic E-state index is -0.859. The topological polar surface area (TPSA) is 64.4 Å². The molecular formula is C16H19N3O2. The molecule has 0 spiro atoms. The molecule has 1 fully saturated rings. The second kappa shape index (κ2) is 6.89. The van der Waals surface area contributed by atoms with Gasteiger partial charge in [-0.25, -0.2) is 0 Å². The first kappa shape index (κ1) is 15.0. The number of rotatable bonds is 4. The van der Waals surface area contributed by atoms with E-state index in [1.54, 1.807) is 36.2 Å². The number of carbonyl (C=O) groups excluding carboxylic acids is 2. The Balaban J connectivity index is 2.00. The predicted octanol–water partition coefficient (Wildman–Crippen LogP) is 1.37. The standard InChI is InChI=1S/C16H19N3O2/c1-18(12-15(20)19-9-5-6-10-19)16(21)14(11-17)13-7-3-2-4-8-13/h2-4,7-8,14H,5-6,9-10,12H2,1H3. The van der Waals surface area contributed by atoms with E-state index in [-0.39, 0.29) is 18.4 Å². The normalized spacial score (nSPS) is 15.3. The van der Waals surface area contributed by atoms with Gasteiger partial charge in [0, 0.05) is 20.1 Å². The lowest BCUT2D eigenvalue weighted by Crippen LogP contribution is -2.41. The van der Waals surface area contributed by atoms with Crippen LogP contribution < -0.4 is 0 Å². The monoisotopic (exact) mass is 285 g/mol. The van der Waals surface area contributed by atoms with E-state index < -0.39 is 5.92 Å².